The highest BCUT2D eigenvalue weighted by atomic mass is 16.1. The average molecular weight is 286 g/mol. The Morgan fingerprint density at radius 2 is 1.50 bits per heavy atom. The van der Waals surface area contributed by atoms with Crippen molar-refractivity contribution < 1.29 is 4.79 Å². The molecule has 108 valence electrons. The van der Waals surface area contributed by atoms with Gasteiger partial charge in [-0.25, -0.2) is 0 Å². The van der Waals surface area contributed by atoms with Crippen molar-refractivity contribution in [2.24, 2.45) is 0 Å². The summed E-state index contributed by atoms with van der Waals surface area (Å²) < 4.78 is 0. The Balaban J connectivity index is 1.90. The average Bonchev–Trinajstić information content (AvgIpc) is 2.53. The molecule has 0 atom stereocenters. The number of hydrogen-bond donors (Lipinski definition) is 0. The van der Waals surface area contributed by atoms with Gasteiger partial charge in [0.2, 0.25) is 0 Å². The Bertz CT molecular complexity index is 903. The highest BCUT2D eigenvalue weighted by Gasteiger charge is 2.24. The number of carbonyl (C=O) groups excluding carboxylic acids is 1. The van der Waals surface area contributed by atoms with Crippen LogP contribution in [0.25, 0.3) is 10.8 Å². The van der Waals surface area contributed by atoms with E-state index in [9.17, 15) is 4.79 Å². The molecule has 4 rings (SSSR count). The SMILES string of the molecule is CC(C)c1ccc2c(c1)C(=O)c1cc3ccccc3cc1C2. The van der Waals surface area contributed by atoms with E-state index >= 15 is 0 Å². The van der Waals surface area contributed by atoms with Gasteiger partial charge in [-0.3, -0.25) is 4.79 Å². The molecule has 0 radical (unpaired) electrons. The molecule has 1 aliphatic rings. The largest absolute Gasteiger partial charge is 0.289 e. The molecule has 22 heavy (non-hydrogen) atoms. The summed E-state index contributed by atoms with van der Waals surface area (Å²) in [4.78, 5) is 12.9. The number of benzene rings is 3. The van der Waals surface area contributed by atoms with E-state index in [1.54, 1.807) is 0 Å². The lowest BCUT2D eigenvalue weighted by Crippen LogP contribution is -2.15. The second-order valence-electron chi connectivity index (χ2n) is 6.43. The molecule has 1 nitrogen and oxygen atoms in total. The third-order valence-corrected chi connectivity index (χ3v) is 4.64. The van der Waals surface area contributed by atoms with Crippen molar-refractivity contribution >= 4 is 16.6 Å². The molecule has 0 spiro atoms. The quantitative estimate of drug-likeness (QED) is 0.476. The predicted molar refractivity (Wildman–Crippen MR) is 90.7 cm³/mol. The van der Waals surface area contributed by atoms with E-state index in [-0.39, 0.29) is 5.78 Å². The Morgan fingerprint density at radius 3 is 2.23 bits per heavy atom. The fourth-order valence-corrected chi connectivity index (χ4v) is 3.31. The van der Waals surface area contributed by atoms with Gasteiger partial charge in [-0.05, 0) is 51.9 Å². The van der Waals surface area contributed by atoms with Crippen molar-refractivity contribution in [2.75, 3.05) is 0 Å². The smallest absolute Gasteiger partial charge is 0.193 e. The Labute approximate surface area is 130 Å². The first kappa shape index (κ1) is 13.3. The molecule has 0 fully saturated rings. The Morgan fingerprint density at radius 1 is 0.818 bits per heavy atom. The van der Waals surface area contributed by atoms with E-state index in [0.29, 0.717) is 5.92 Å². The highest BCUT2D eigenvalue weighted by molar-refractivity contribution is 6.14. The summed E-state index contributed by atoms with van der Waals surface area (Å²) in [7, 11) is 0. The van der Waals surface area contributed by atoms with Crippen LogP contribution in [0.3, 0.4) is 0 Å². The molecule has 0 bridgehead atoms. The normalized spacial score (nSPS) is 13.3. The summed E-state index contributed by atoms with van der Waals surface area (Å²) >= 11 is 0. The predicted octanol–water partition coefficient (Wildman–Crippen LogP) is 5.10. The van der Waals surface area contributed by atoms with Crippen LogP contribution in [0.1, 0.15) is 52.4 Å². The third kappa shape index (κ3) is 1.97. The van der Waals surface area contributed by atoms with Crippen LogP contribution in [0.4, 0.5) is 0 Å². The molecular formula is C21H18O. The maximum Gasteiger partial charge on any atom is 0.193 e. The van der Waals surface area contributed by atoms with Gasteiger partial charge in [-0.2, -0.15) is 0 Å². The van der Waals surface area contributed by atoms with E-state index in [2.05, 4.69) is 56.3 Å². The summed E-state index contributed by atoms with van der Waals surface area (Å²) in [6.45, 7) is 4.33. The number of hydrogen-bond acceptors (Lipinski definition) is 1. The summed E-state index contributed by atoms with van der Waals surface area (Å²) in [5.74, 6) is 0.612. The van der Waals surface area contributed by atoms with Crippen molar-refractivity contribution in [3.8, 4) is 0 Å². The monoisotopic (exact) mass is 286 g/mol. The van der Waals surface area contributed by atoms with E-state index in [0.717, 1.165) is 34.1 Å². The molecule has 0 unspecified atom stereocenters. The zero-order valence-corrected chi connectivity index (χ0v) is 12.9. The van der Waals surface area contributed by atoms with Gasteiger partial charge in [0.1, 0.15) is 0 Å². The molecule has 3 aromatic carbocycles. The number of fused-ring (bicyclic) bond motifs is 3. The third-order valence-electron chi connectivity index (χ3n) is 4.64. The molecule has 0 amide bonds. The minimum absolute atomic E-state index is 0.171. The summed E-state index contributed by atoms with van der Waals surface area (Å²) in [5, 5.41) is 2.34. The van der Waals surface area contributed by atoms with Crippen molar-refractivity contribution in [3.63, 3.8) is 0 Å². The second kappa shape index (κ2) is 4.81. The molecule has 1 heteroatoms. The summed E-state index contributed by atoms with van der Waals surface area (Å²) in [6.07, 6.45) is 0.847. The second-order valence-corrected chi connectivity index (χ2v) is 6.43. The van der Waals surface area contributed by atoms with Crippen molar-refractivity contribution in [3.05, 3.63) is 82.4 Å². The summed E-state index contributed by atoms with van der Waals surface area (Å²) in [6, 6.07) is 18.8. The van der Waals surface area contributed by atoms with E-state index in [4.69, 9.17) is 0 Å². The minimum Gasteiger partial charge on any atom is -0.289 e. The number of ketones is 1. The molecule has 0 aromatic heterocycles. The lowest BCUT2D eigenvalue weighted by Gasteiger charge is -2.21. The van der Waals surface area contributed by atoms with Gasteiger partial charge in [-0.15, -0.1) is 0 Å². The van der Waals surface area contributed by atoms with Gasteiger partial charge >= 0.3 is 0 Å². The zero-order valence-electron chi connectivity index (χ0n) is 12.9. The Hall–Kier alpha value is -2.41. The molecular weight excluding hydrogens is 268 g/mol. The van der Waals surface area contributed by atoms with Gasteiger partial charge in [0.05, 0.1) is 0 Å². The maximum atomic E-state index is 12.9. The van der Waals surface area contributed by atoms with Crippen molar-refractivity contribution in [1.82, 2.24) is 0 Å². The van der Waals surface area contributed by atoms with E-state index in [1.165, 1.54) is 10.9 Å². The minimum atomic E-state index is 0.171. The van der Waals surface area contributed by atoms with Crippen LogP contribution in [-0.2, 0) is 6.42 Å². The van der Waals surface area contributed by atoms with Crippen LogP contribution >= 0.6 is 0 Å². The van der Waals surface area contributed by atoms with Gasteiger partial charge < -0.3 is 0 Å². The fourth-order valence-electron chi connectivity index (χ4n) is 3.31. The van der Waals surface area contributed by atoms with Crippen LogP contribution in [0.15, 0.2) is 54.6 Å². The first-order valence-electron chi connectivity index (χ1n) is 7.82. The standard InChI is InChI=1S/C21H18O/c1-13(2)14-7-8-17-10-18-9-15-5-3-4-6-16(15)12-20(18)21(22)19(17)11-14/h3-9,11-13H,10H2,1-2H3. The van der Waals surface area contributed by atoms with Gasteiger partial charge in [0.15, 0.2) is 5.78 Å². The molecule has 0 saturated carbocycles. The lowest BCUT2D eigenvalue weighted by molar-refractivity contribution is 0.103. The van der Waals surface area contributed by atoms with E-state index in [1.807, 2.05) is 12.1 Å². The van der Waals surface area contributed by atoms with Gasteiger partial charge in [0.25, 0.3) is 0 Å². The first-order valence-corrected chi connectivity index (χ1v) is 7.82. The first-order chi connectivity index (χ1) is 10.6. The number of carbonyl (C=O) groups is 1. The Kier molecular flexibility index (Phi) is 2.90. The van der Waals surface area contributed by atoms with Crippen LogP contribution in [0, 0.1) is 0 Å². The zero-order chi connectivity index (χ0) is 15.3. The molecule has 0 saturated heterocycles. The molecule has 3 aromatic rings. The van der Waals surface area contributed by atoms with E-state index < -0.39 is 0 Å². The van der Waals surface area contributed by atoms with Crippen molar-refractivity contribution in [2.45, 2.75) is 26.2 Å². The van der Waals surface area contributed by atoms with Crippen LogP contribution in [0.2, 0.25) is 0 Å². The number of rotatable bonds is 1. The molecule has 0 heterocycles. The molecule has 0 aliphatic heterocycles. The summed E-state index contributed by atoms with van der Waals surface area (Å²) in [5.41, 5.74) is 5.28. The lowest BCUT2D eigenvalue weighted by atomic mass is 9.82. The van der Waals surface area contributed by atoms with Crippen molar-refractivity contribution in [1.29, 1.82) is 0 Å². The molecule has 0 N–H and O–H groups in total. The van der Waals surface area contributed by atoms with Crippen LogP contribution in [0.5, 0.6) is 0 Å². The maximum absolute atomic E-state index is 12.9. The van der Waals surface area contributed by atoms with Crippen LogP contribution in [-0.4, -0.2) is 5.78 Å². The van der Waals surface area contributed by atoms with Crippen LogP contribution < -0.4 is 0 Å². The fraction of sp³-hybridized carbons (Fsp3) is 0.190. The molecule has 1 aliphatic carbocycles. The van der Waals surface area contributed by atoms with Gasteiger partial charge in [-0.1, -0.05) is 56.3 Å². The topological polar surface area (TPSA) is 17.1 Å². The van der Waals surface area contributed by atoms with Gasteiger partial charge in [0, 0.05) is 11.1 Å². The highest BCUT2D eigenvalue weighted by Crippen LogP contribution is 2.32.